The predicted octanol–water partition coefficient (Wildman–Crippen LogP) is 1.18. The quantitative estimate of drug-likeness (QED) is 0.445. The number of ether oxygens (including phenoxy) is 1. The van der Waals surface area contributed by atoms with Crippen LogP contribution in [0.5, 0.6) is 0 Å². The van der Waals surface area contributed by atoms with Crippen LogP contribution in [0.25, 0.3) is 0 Å². The zero-order valence-electron chi connectivity index (χ0n) is 12.7. The monoisotopic (exact) mass is 376 g/mol. The first-order chi connectivity index (χ1) is 11.2. The Morgan fingerprint density at radius 3 is 2.58 bits per heavy atom. The molecule has 1 heterocycles. The van der Waals surface area contributed by atoms with Crippen LogP contribution in [0.4, 0.5) is 5.69 Å². The van der Waals surface area contributed by atoms with Gasteiger partial charge in [-0.15, -0.1) is 11.8 Å². The Labute approximate surface area is 142 Å². The number of nitrogens with zero attached hydrogens (tertiary/aromatic N) is 2. The highest BCUT2D eigenvalue weighted by Gasteiger charge is 2.29. The minimum atomic E-state index is -3.86. The van der Waals surface area contributed by atoms with Crippen LogP contribution in [-0.4, -0.2) is 60.3 Å². The second kappa shape index (κ2) is 7.47. The zero-order chi connectivity index (χ0) is 17.9. The van der Waals surface area contributed by atoms with Gasteiger partial charge >= 0.3 is 5.97 Å². The fraction of sp³-hybridized carbons (Fsp3) is 0.462. The number of aliphatic carboxylic acids is 1. The Morgan fingerprint density at radius 2 is 2.04 bits per heavy atom. The molecule has 11 heteroatoms. The van der Waals surface area contributed by atoms with Gasteiger partial charge in [0, 0.05) is 19.2 Å². The maximum atomic E-state index is 12.6. The largest absolute Gasteiger partial charge is 0.480 e. The average Bonchev–Trinajstić information content (AvgIpc) is 2.55. The highest BCUT2D eigenvalue weighted by atomic mass is 32.2. The summed E-state index contributed by atoms with van der Waals surface area (Å²) in [6, 6.07) is 3.51. The maximum Gasteiger partial charge on any atom is 0.316 e. The van der Waals surface area contributed by atoms with E-state index in [2.05, 4.69) is 0 Å². The fourth-order valence-corrected chi connectivity index (χ4v) is 4.39. The van der Waals surface area contributed by atoms with Crippen molar-refractivity contribution in [3.05, 3.63) is 28.3 Å². The molecule has 2 rings (SSSR count). The highest BCUT2D eigenvalue weighted by Crippen LogP contribution is 2.34. The van der Waals surface area contributed by atoms with E-state index in [0.717, 1.165) is 17.8 Å². The lowest BCUT2D eigenvalue weighted by atomic mass is 10.3. The molecule has 0 amide bonds. The maximum absolute atomic E-state index is 12.6. The molecule has 1 atom stereocenters. The number of carboxylic acid groups (broad SMARTS) is 1. The van der Waals surface area contributed by atoms with E-state index in [9.17, 15) is 23.3 Å². The zero-order valence-corrected chi connectivity index (χ0v) is 14.4. The second-order valence-corrected chi connectivity index (χ2v) is 8.32. The molecule has 1 fully saturated rings. The number of hydrogen-bond donors (Lipinski definition) is 1. The summed E-state index contributed by atoms with van der Waals surface area (Å²) in [5.74, 6) is -1.11. The number of benzene rings is 1. The van der Waals surface area contributed by atoms with Gasteiger partial charge < -0.3 is 9.84 Å². The van der Waals surface area contributed by atoms with Crippen molar-refractivity contribution in [3.8, 4) is 0 Å². The highest BCUT2D eigenvalue weighted by molar-refractivity contribution is 8.00. The Kier molecular flexibility index (Phi) is 5.80. The molecule has 24 heavy (non-hydrogen) atoms. The molecule has 0 aromatic heterocycles. The van der Waals surface area contributed by atoms with Crippen LogP contribution in [0.15, 0.2) is 28.0 Å². The van der Waals surface area contributed by atoms with Gasteiger partial charge in [-0.3, -0.25) is 14.9 Å². The Hall–Kier alpha value is -1.69. The molecule has 132 valence electrons. The molecule has 1 N–H and O–H groups in total. The number of morpholine rings is 1. The van der Waals surface area contributed by atoms with Crippen LogP contribution < -0.4 is 0 Å². The lowest BCUT2D eigenvalue weighted by molar-refractivity contribution is -0.388. The first-order valence-electron chi connectivity index (χ1n) is 6.99. The van der Waals surface area contributed by atoms with Crippen LogP contribution in [0.1, 0.15) is 6.92 Å². The van der Waals surface area contributed by atoms with E-state index in [1.807, 2.05) is 0 Å². The Bertz CT molecular complexity index is 745. The van der Waals surface area contributed by atoms with Crippen molar-refractivity contribution in [2.45, 2.75) is 22.0 Å². The van der Waals surface area contributed by atoms with Crippen molar-refractivity contribution in [2.75, 3.05) is 26.3 Å². The first-order valence-corrected chi connectivity index (χ1v) is 9.31. The molecule has 1 aromatic rings. The van der Waals surface area contributed by atoms with Gasteiger partial charge in [0.15, 0.2) is 0 Å². The summed E-state index contributed by atoms with van der Waals surface area (Å²) in [7, 11) is -3.86. The molecule has 0 radical (unpaired) electrons. The second-order valence-electron chi connectivity index (χ2n) is 5.00. The van der Waals surface area contributed by atoms with Gasteiger partial charge in [-0.2, -0.15) is 4.31 Å². The molecule has 1 aliphatic rings. The molecule has 1 aliphatic heterocycles. The predicted molar refractivity (Wildman–Crippen MR) is 85.6 cm³/mol. The van der Waals surface area contributed by atoms with Crippen LogP contribution in [0, 0.1) is 10.1 Å². The molecule has 0 spiro atoms. The van der Waals surface area contributed by atoms with Gasteiger partial charge in [-0.05, 0) is 19.1 Å². The summed E-state index contributed by atoms with van der Waals surface area (Å²) in [6.45, 7) is 2.30. The number of carbonyl (C=O) groups is 1. The van der Waals surface area contributed by atoms with Crippen molar-refractivity contribution < 1.29 is 28.0 Å². The van der Waals surface area contributed by atoms with Gasteiger partial charge in [0.05, 0.1) is 27.9 Å². The van der Waals surface area contributed by atoms with Gasteiger partial charge in [0.1, 0.15) is 5.25 Å². The van der Waals surface area contributed by atoms with Crippen LogP contribution in [0.3, 0.4) is 0 Å². The minimum absolute atomic E-state index is 0.107. The first kappa shape index (κ1) is 18.6. The van der Waals surface area contributed by atoms with E-state index in [1.54, 1.807) is 0 Å². The summed E-state index contributed by atoms with van der Waals surface area (Å²) < 4.78 is 31.4. The smallest absolute Gasteiger partial charge is 0.316 e. The fourth-order valence-electron chi connectivity index (χ4n) is 2.08. The topological polar surface area (TPSA) is 127 Å². The van der Waals surface area contributed by atoms with Crippen LogP contribution in [-0.2, 0) is 19.6 Å². The van der Waals surface area contributed by atoms with Gasteiger partial charge in [0.2, 0.25) is 10.0 Å². The third-order valence-electron chi connectivity index (χ3n) is 3.39. The number of carboxylic acids is 1. The lowest BCUT2D eigenvalue weighted by Gasteiger charge is -2.26. The number of thioether (sulfide) groups is 1. The third kappa shape index (κ3) is 4.04. The van der Waals surface area contributed by atoms with Crippen molar-refractivity contribution in [1.82, 2.24) is 4.31 Å². The normalized spacial score (nSPS) is 17.4. The van der Waals surface area contributed by atoms with Crippen LogP contribution >= 0.6 is 11.8 Å². The molecule has 0 bridgehead atoms. The molecule has 1 saturated heterocycles. The average molecular weight is 376 g/mol. The van der Waals surface area contributed by atoms with Gasteiger partial charge in [-0.1, -0.05) is 0 Å². The molecule has 0 unspecified atom stereocenters. The third-order valence-corrected chi connectivity index (χ3v) is 6.44. The molecular formula is C13H16N2O7S2. The van der Waals surface area contributed by atoms with Gasteiger partial charge in [0.25, 0.3) is 5.69 Å². The van der Waals surface area contributed by atoms with Gasteiger partial charge in [-0.25, -0.2) is 8.42 Å². The number of rotatable bonds is 6. The van der Waals surface area contributed by atoms with E-state index in [4.69, 9.17) is 9.84 Å². The molecule has 0 aliphatic carbocycles. The Balaban J connectivity index is 2.37. The summed E-state index contributed by atoms with van der Waals surface area (Å²) in [5.41, 5.74) is -0.428. The SMILES string of the molecule is C[C@H](Sc1ccc(S(=O)(=O)N2CCOCC2)cc1[N+](=O)[O-])C(=O)O. The van der Waals surface area contributed by atoms with Crippen molar-refractivity contribution in [2.24, 2.45) is 0 Å². The van der Waals surface area contributed by atoms with E-state index in [0.29, 0.717) is 0 Å². The summed E-state index contributed by atoms with van der Waals surface area (Å²) >= 11 is 0.792. The summed E-state index contributed by atoms with van der Waals surface area (Å²) in [4.78, 5) is 21.4. The van der Waals surface area contributed by atoms with E-state index < -0.39 is 31.9 Å². The van der Waals surface area contributed by atoms with Crippen LogP contribution in [0.2, 0.25) is 0 Å². The number of hydrogen-bond acceptors (Lipinski definition) is 7. The molecule has 1 aromatic carbocycles. The van der Waals surface area contributed by atoms with E-state index >= 15 is 0 Å². The minimum Gasteiger partial charge on any atom is -0.480 e. The molecule has 0 saturated carbocycles. The standard InChI is InChI=1S/C13H16N2O7S2/c1-9(13(16)17)23-12-3-2-10(8-11(12)15(18)19)24(20,21)14-4-6-22-7-5-14/h2-3,8-9H,4-7H2,1H3,(H,16,17)/t9-/m0/s1. The van der Waals surface area contributed by atoms with E-state index in [-0.39, 0.29) is 36.1 Å². The summed E-state index contributed by atoms with van der Waals surface area (Å²) in [6.07, 6.45) is 0. The van der Waals surface area contributed by atoms with Crippen molar-refractivity contribution in [3.63, 3.8) is 0 Å². The number of nitro benzene ring substituents is 1. The number of nitro groups is 1. The lowest BCUT2D eigenvalue weighted by Crippen LogP contribution is -2.40. The van der Waals surface area contributed by atoms with E-state index in [1.165, 1.54) is 23.4 Å². The molecule has 9 nitrogen and oxygen atoms in total. The van der Waals surface area contributed by atoms with Crippen molar-refractivity contribution >= 4 is 33.4 Å². The Morgan fingerprint density at radius 1 is 1.42 bits per heavy atom. The number of sulfonamides is 1. The van der Waals surface area contributed by atoms with Crippen molar-refractivity contribution in [1.29, 1.82) is 0 Å². The molecular weight excluding hydrogens is 360 g/mol. The summed E-state index contributed by atoms with van der Waals surface area (Å²) in [5, 5.41) is 19.3.